The number of hydrogen-bond donors (Lipinski definition) is 2. The molecule has 0 amide bonds. The van der Waals surface area contributed by atoms with Gasteiger partial charge in [0, 0.05) is 12.5 Å². The molecule has 19 heavy (non-hydrogen) atoms. The fourth-order valence-electron chi connectivity index (χ4n) is 2.14. The molecule has 0 heterocycles. The van der Waals surface area contributed by atoms with Crippen molar-refractivity contribution in [1.82, 2.24) is 0 Å². The van der Waals surface area contributed by atoms with Crippen molar-refractivity contribution in [2.45, 2.75) is 12.0 Å². The van der Waals surface area contributed by atoms with Crippen LogP contribution in [0.3, 0.4) is 0 Å². The third kappa shape index (κ3) is 3.16. The monoisotopic (exact) mass is 263 g/mol. The van der Waals surface area contributed by atoms with E-state index in [2.05, 4.69) is 0 Å². The SMILES string of the molecule is NC[C@H](O)[C@@H](c1ccc(F)cc1)c1cccc(F)c1. The van der Waals surface area contributed by atoms with E-state index >= 15 is 0 Å². The van der Waals surface area contributed by atoms with Crippen molar-refractivity contribution in [3.05, 3.63) is 71.3 Å². The van der Waals surface area contributed by atoms with Crippen LogP contribution in [-0.2, 0) is 0 Å². The second kappa shape index (κ2) is 5.91. The van der Waals surface area contributed by atoms with Crippen molar-refractivity contribution in [2.24, 2.45) is 5.73 Å². The Kier molecular flexibility index (Phi) is 4.24. The van der Waals surface area contributed by atoms with Crippen LogP contribution >= 0.6 is 0 Å². The molecule has 100 valence electrons. The Morgan fingerprint density at radius 2 is 1.63 bits per heavy atom. The van der Waals surface area contributed by atoms with E-state index < -0.39 is 12.0 Å². The molecule has 0 fully saturated rings. The van der Waals surface area contributed by atoms with Crippen molar-refractivity contribution in [1.29, 1.82) is 0 Å². The first-order chi connectivity index (χ1) is 9.11. The number of aliphatic hydroxyl groups excluding tert-OH is 1. The van der Waals surface area contributed by atoms with Gasteiger partial charge in [-0.3, -0.25) is 0 Å². The molecule has 0 spiro atoms. The van der Waals surface area contributed by atoms with Gasteiger partial charge in [0.25, 0.3) is 0 Å². The summed E-state index contributed by atoms with van der Waals surface area (Å²) < 4.78 is 26.3. The molecule has 0 aliphatic rings. The third-order valence-electron chi connectivity index (χ3n) is 3.06. The van der Waals surface area contributed by atoms with Crippen LogP contribution in [0, 0.1) is 11.6 Å². The van der Waals surface area contributed by atoms with E-state index in [1.165, 1.54) is 24.3 Å². The largest absolute Gasteiger partial charge is 0.391 e. The van der Waals surface area contributed by atoms with Crippen LogP contribution in [0.4, 0.5) is 8.78 Å². The highest BCUT2D eigenvalue weighted by Gasteiger charge is 2.22. The number of halogens is 2. The molecule has 2 aromatic carbocycles. The van der Waals surface area contributed by atoms with E-state index in [-0.39, 0.29) is 18.2 Å². The van der Waals surface area contributed by atoms with Gasteiger partial charge in [0.15, 0.2) is 0 Å². The summed E-state index contributed by atoms with van der Waals surface area (Å²) in [5.41, 5.74) is 6.81. The molecule has 0 unspecified atom stereocenters. The van der Waals surface area contributed by atoms with Gasteiger partial charge in [0.1, 0.15) is 11.6 Å². The molecule has 0 radical (unpaired) electrons. The van der Waals surface area contributed by atoms with Gasteiger partial charge in [-0.2, -0.15) is 0 Å². The summed E-state index contributed by atoms with van der Waals surface area (Å²) >= 11 is 0. The lowest BCUT2D eigenvalue weighted by Crippen LogP contribution is -2.28. The Morgan fingerprint density at radius 3 is 2.21 bits per heavy atom. The fraction of sp³-hybridized carbons (Fsp3) is 0.200. The predicted molar refractivity (Wildman–Crippen MR) is 69.7 cm³/mol. The van der Waals surface area contributed by atoms with Gasteiger partial charge in [-0.05, 0) is 35.4 Å². The standard InChI is InChI=1S/C15H15F2NO/c16-12-6-4-10(5-7-12)15(14(19)9-18)11-2-1-3-13(17)8-11/h1-8,14-15,19H,9,18H2/t14-,15-/m0/s1. The molecule has 0 saturated heterocycles. The van der Waals surface area contributed by atoms with Gasteiger partial charge in [0.05, 0.1) is 6.10 Å². The first-order valence-corrected chi connectivity index (χ1v) is 6.01. The summed E-state index contributed by atoms with van der Waals surface area (Å²) in [5, 5.41) is 10.0. The highest BCUT2D eigenvalue weighted by atomic mass is 19.1. The Labute approximate surface area is 110 Å². The fourth-order valence-corrected chi connectivity index (χ4v) is 2.14. The van der Waals surface area contributed by atoms with Crippen molar-refractivity contribution < 1.29 is 13.9 Å². The van der Waals surface area contributed by atoms with E-state index in [9.17, 15) is 13.9 Å². The van der Waals surface area contributed by atoms with E-state index in [0.29, 0.717) is 11.1 Å². The zero-order chi connectivity index (χ0) is 13.8. The summed E-state index contributed by atoms with van der Waals surface area (Å²) in [7, 11) is 0. The zero-order valence-corrected chi connectivity index (χ0v) is 10.3. The van der Waals surface area contributed by atoms with Crippen LogP contribution < -0.4 is 5.73 Å². The number of benzene rings is 2. The van der Waals surface area contributed by atoms with E-state index in [1.54, 1.807) is 24.3 Å². The van der Waals surface area contributed by atoms with Crippen molar-refractivity contribution in [3.63, 3.8) is 0 Å². The summed E-state index contributed by atoms with van der Waals surface area (Å²) in [6.07, 6.45) is -0.854. The summed E-state index contributed by atoms with van der Waals surface area (Å²) in [4.78, 5) is 0. The van der Waals surface area contributed by atoms with Crippen LogP contribution in [-0.4, -0.2) is 17.8 Å². The zero-order valence-electron chi connectivity index (χ0n) is 10.3. The van der Waals surface area contributed by atoms with Crippen LogP contribution in [0.5, 0.6) is 0 Å². The Balaban J connectivity index is 2.44. The number of rotatable bonds is 4. The van der Waals surface area contributed by atoms with Crippen LogP contribution in [0.25, 0.3) is 0 Å². The Morgan fingerprint density at radius 1 is 0.947 bits per heavy atom. The second-order valence-corrected chi connectivity index (χ2v) is 4.39. The maximum Gasteiger partial charge on any atom is 0.123 e. The molecule has 3 N–H and O–H groups in total. The lowest BCUT2D eigenvalue weighted by molar-refractivity contribution is 0.164. The minimum absolute atomic E-state index is 0.0402. The van der Waals surface area contributed by atoms with Crippen molar-refractivity contribution in [3.8, 4) is 0 Å². The molecule has 2 nitrogen and oxygen atoms in total. The van der Waals surface area contributed by atoms with Gasteiger partial charge in [-0.1, -0.05) is 24.3 Å². The Hall–Kier alpha value is -1.78. The molecular weight excluding hydrogens is 248 g/mol. The Bertz CT molecular complexity index is 542. The number of hydrogen-bond acceptors (Lipinski definition) is 2. The summed E-state index contributed by atoms with van der Waals surface area (Å²) in [6, 6.07) is 11.7. The molecule has 2 atom stereocenters. The van der Waals surface area contributed by atoms with Crippen LogP contribution in [0.2, 0.25) is 0 Å². The van der Waals surface area contributed by atoms with Crippen LogP contribution in [0.1, 0.15) is 17.0 Å². The number of nitrogens with two attached hydrogens (primary N) is 1. The smallest absolute Gasteiger partial charge is 0.123 e. The lowest BCUT2D eigenvalue weighted by atomic mass is 9.86. The molecule has 0 aliphatic heterocycles. The van der Waals surface area contributed by atoms with Gasteiger partial charge < -0.3 is 10.8 Å². The first kappa shape index (κ1) is 13.6. The third-order valence-corrected chi connectivity index (χ3v) is 3.06. The van der Waals surface area contributed by atoms with Gasteiger partial charge in [-0.15, -0.1) is 0 Å². The maximum absolute atomic E-state index is 13.3. The molecule has 0 saturated carbocycles. The summed E-state index contributed by atoms with van der Waals surface area (Å²) in [6.45, 7) is 0.0402. The highest BCUT2D eigenvalue weighted by molar-refractivity contribution is 5.34. The van der Waals surface area contributed by atoms with Gasteiger partial charge in [-0.25, -0.2) is 8.78 Å². The maximum atomic E-state index is 13.3. The van der Waals surface area contributed by atoms with Crippen molar-refractivity contribution in [2.75, 3.05) is 6.54 Å². The molecule has 0 bridgehead atoms. The molecule has 4 heteroatoms. The lowest BCUT2D eigenvalue weighted by Gasteiger charge is -2.23. The second-order valence-electron chi connectivity index (χ2n) is 4.39. The van der Waals surface area contributed by atoms with Crippen LogP contribution in [0.15, 0.2) is 48.5 Å². The normalized spacial score (nSPS) is 14.1. The molecule has 2 aromatic rings. The first-order valence-electron chi connectivity index (χ1n) is 6.01. The summed E-state index contributed by atoms with van der Waals surface area (Å²) in [5.74, 6) is -1.21. The average Bonchev–Trinajstić information content (AvgIpc) is 2.41. The van der Waals surface area contributed by atoms with Gasteiger partial charge in [0.2, 0.25) is 0 Å². The van der Waals surface area contributed by atoms with E-state index in [0.717, 1.165) is 0 Å². The van der Waals surface area contributed by atoms with Gasteiger partial charge >= 0.3 is 0 Å². The quantitative estimate of drug-likeness (QED) is 0.890. The molecule has 0 aromatic heterocycles. The van der Waals surface area contributed by atoms with E-state index in [4.69, 9.17) is 5.73 Å². The minimum Gasteiger partial charge on any atom is -0.391 e. The number of aliphatic hydroxyl groups is 1. The van der Waals surface area contributed by atoms with E-state index in [1.807, 2.05) is 0 Å². The minimum atomic E-state index is -0.854. The molecule has 0 aliphatic carbocycles. The topological polar surface area (TPSA) is 46.2 Å². The molecule has 2 rings (SSSR count). The van der Waals surface area contributed by atoms with Crippen molar-refractivity contribution >= 4 is 0 Å². The predicted octanol–water partition coefficient (Wildman–Crippen LogP) is 2.42. The average molecular weight is 263 g/mol. The highest BCUT2D eigenvalue weighted by Crippen LogP contribution is 2.28. The molecular formula is C15H15F2NO.